The molecule has 1 aromatic carbocycles. The SMILES string of the molecule is CNC(C)c1ccc(N(C)C(C)(C)CO)cc1. The van der Waals surface area contributed by atoms with Gasteiger partial charge in [-0.2, -0.15) is 0 Å². The van der Waals surface area contributed by atoms with Crippen LogP contribution in [0.25, 0.3) is 0 Å². The second kappa shape index (κ2) is 5.52. The number of aliphatic hydroxyl groups is 1. The van der Waals surface area contributed by atoms with Crippen LogP contribution < -0.4 is 10.2 Å². The predicted octanol–water partition coefficient (Wildman–Crippen LogP) is 2.17. The molecule has 0 bridgehead atoms. The van der Waals surface area contributed by atoms with E-state index in [4.69, 9.17) is 0 Å². The second-order valence-electron chi connectivity index (χ2n) is 5.13. The van der Waals surface area contributed by atoms with Crippen molar-refractivity contribution in [2.75, 3.05) is 25.6 Å². The zero-order valence-corrected chi connectivity index (χ0v) is 11.5. The molecule has 3 heteroatoms. The van der Waals surface area contributed by atoms with Crippen LogP contribution in [0.1, 0.15) is 32.4 Å². The Balaban J connectivity index is 2.88. The molecule has 1 unspecified atom stereocenters. The Morgan fingerprint density at radius 3 is 2.24 bits per heavy atom. The lowest BCUT2D eigenvalue weighted by Gasteiger charge is -2.36. The fraction of sp³-hybridized carbons (Fsp3) is 0.571. The minimum absolute atomic E-state index is 0.137. The molecular weight excluding hydrogens is 212 g/mol. The number of benzene rings is 1. The molecule has 3 nitrogen and oxygen atoms in total. The molecule has 0 saturated carbocycles. The Hall–Kier alpha value is -1.06. The number of hydrogen-bond acceptors (Lipinski definition) is 3. The third-order valence-corrected chi connectivity index (χ3v) is 3.51. The number of rotatable bonds is 5. The van der Waals surface area contributed by atoms with Gasteiger partial charge in [-0.05, 0) is 45.5 Å². The summed E-state index contributed by atoms with van der Waals surface area (Å²) in [6.07, 6.45) is 0. The molecule has 1 aromatic rings. The van der Waals surface area contributed by atoms with Crippen LogP contribution in [0.2, 0.25) is 0 Å². The second-order valence-corrected chi connectivity index (χ2v) is 5.13. The van der Waals surface area contributed by atoms with Gasteiger partial charge >= 0.3 is 0 Å². The van der Waals surface area contributed by atoms with Crippen LogP contribution in [0.3, 0.4) is 0 Å². The smallest absolute Gasteiger partial charge is 0.0658 e. The van der Waals surface area contributed by atoms with Gasteiger partial charge in [-0.25, -0.2) is 0 Å². The number of likely N-dealkylation sites (N-methyl/N-ethyl adjacent to an activating group) is 1. The first-order chi connectivity index (χ1) is 7.92. The van der Waals surface area contributed by atoms with E-state index in [1.165, 1.54) is 5.56 Å². The van der Waals surface area contributed by atoms with E-state index in [9.17, 15) is 5.11 Å². The number of nitrogens with zero attached hydrogens (tertiary/aromatic N) is 1. The van der Waals surface area contributed by atoms with Crippen LogP contribution in [0, 0.1) is 0 Å². The molecule has 17 heavy (non-hydrogen) atoms. The molecule has 0 aliphatic rings. The number of aliphatic hydroxyl groups excluding tert-OH is 1. The predicted molar refractivity (Wildman–Crippen MR) is 73.5 cm³/mol. The topological polar surface area (TPSA) is 35.5 Å². The summed E-state index contributed by atoms with van der Waals surface area (Å²) in [5.74, 6) is 0. The van der Waals surface area contributed by atoms with E-state index < -0.39 is 0 Å². The summed E-state index contributed by atoms with van der Waals surface area (Å²) in [5, 5.41) is 12.6. The van der Waals surface area contributed by atoms with Gasteiger partial charge < -0.3 is 15.3 Å². The van der Waals surface area contributed by atoms with Crippen molar-refractivity contribution in [2.24, 2.45) is 0 Å². The van der Waals surface area contributed by atoms with Crippen molar-refractivity contribution in [3.63, 3.8) is 0 Å². The lowest BCUT2D eigenvalue weighted by atomic mass is 10.0. The van der Waals surface area contributed by atoms with E-state index in [2.05, 4.69) is 41.4 Å². The van der Waals surface area contributed by atoms with Crippen LogP contribution in [-0.2, 0) is 0 Å². The van der Waals surface area contributed by atoms with Crippen molar-refractivity contribution in [2.45, 2.75) is 32.4 Å². The quantitative estimate of drug-likeness (QED) is 0.822. The van der Waals surface area contributed by atoms with E-state index in [1.807, 2.05) is 27.9 Å². The highest BCUT2D eigenvalue weighted by atomic mass is 16.3. The average Bonchev–Trinajstić information content (AvgIpc) is 2.37. The van der Waals surface area contributed by atoms with E-state index in [-0.39, 0.29) is 12.1 Å². The molecule has 0 fully saturated rings. The minimum Gasteiger partial charge on any atom is -0.394 e. The normalized spacial score (nSPS) is 13.5. The summed E-state index contributed by atoms with van der Waals surface area (Å²) >= 11 is 0. The molecule has 2 N–H and O–H groups in total. The van der Waals surface area contributed by atoms with Crippen LogP contribution >= 0.6 is 0 Å². The van der Waals surface area contributed by atoms with E-state index in [0.717, 1.165) is 5.69 Å². The van der Waals surface area contributed by atoms with Crippen LogP contribution in [0.15, 0.2) is 24.3 Å². The molecule has 0 aromatic heterocycles. The molecule has 1 atom stereocenters. The summed E-state index contributed by atoms with van der Waals surface area (Å²) in [5.41, 5.74) is 2.15. The van der Waals surface area contributed by atoms with Crippen molar-refractivity contribution in [1.29, 1.82) is 0 Å². The maximum Gasteiger partial charge on any atom is 0.0658 e. The number of nitrogens with one attached hydrogen (secondary N) is 1. The number of hydrogen-bond donors (Lipinski definition) is 2. The first kappa shape index (κ1) is 14.0. The average molecular weight is 236 g/mol. The molecule has 0 spiro atoms. The molecule has 0 aliphatic heterocycles. The zero-order chi connectivity index (χ0) is 13.1. The largest absolute Gasteiger partial charge is 0.394 e. The van der Waals surface area contributed by atoms with Crippen molar-refractivity contribution in [3.05, 3.63) is 29.8 Å². The Labute approximate surface area is 104 Å². The third-order valence-electron chi connectivity index (χ3n) is 3.51. The maximum absolute atomic E-state index is 9.35. The van der Waals surface area contributed by atoms with Crippen LogP contribution in [-0.4, -0.2) is 31.3 Å². The summed E-state index contributed by atoms with van der Waals surface area (Å²) in [6.45, 7) is 6.32. The minimum atomic E-state index is -0.240. The fourth-order valence-electron chi connectivity index (χ4n) is 1.61. The van der Waals surface area contributed by atoms with Gasteiger partial charge in [0.1, 0.15) is 0 Å². The van der Waals surface area contributed by atoms with Crippen molar-refractivity contribution in [3.8, 4) is 0 Å². The number of anilines is 1. The van der Waals surface area contributed by atoms with E-state index >= 15 is 0 Å². The highest BCUT2D eigenvalue weighted by Gasteiger charge is 2.22. The van der Waals surface area contributed by atoms with Gasteiger partial charge in [-0.1, -0.05) is 12.1 Å². The summed E-state index contributed by atoms with van der Waals surface area (Å²) in [4.78, 5) is 2.10. The molecule has 0 heterocycles. The lowest BCUT2D eigenvalue weighted by Crippen LogP contribution is -2.44. The highest BCUT2D eigenvalue weighted by molar-refractivity contribution is 5.49. The van der Waals surface area contributed by atoms with Gasteiger partial charge in [-0.3, -0.25) is 0 Å². The van der Waals surface area contributed by atoms with Crippen LogP contribution in [0.4, 0.5) is 5.69 Å². The van der Waals surface area contributed by atoms with Gasteiger partial charge in [0.15, 0.2) is 0 Å². The van der Waals surface area contributed by atoms with Crippen molar-refractivity contribution < 1.29 is 5.11 Å². The Morgan fingerprint density at radius 1 is 1.29 bits per heavy atom. The molecule has 0 aliphatic carbocycles. The molecular formula is C14H24N2O. The standard InChI is InChI=1S/C14H24N2O/c1-11(15-4)12-6-8-13(9-7-12)16(5)14(2,3)10-17/h6-9,11,15,17H,10H2,1-5H3. The maximum atomic E-state index is 9.35. The first-order valence-electron chi connectivity index (χ1n) is 6.04. The Kier molecular flexibility index (Phi) is 4.54. The van der Waals surface area contributed by atoms with Gasteiger partial charge in [0.2, 0.25) is 0 Å². The summed E-state index contributed by atoms with van der Waals surface area (Å²) in [6, 6.07) is 8.81. The summed E-state index contributed by atoms with van der Waals surface area (Å²) in [7, 11) is 3.96. The highest BCUT2D eigenvalue weighted by Crippen LogP contribution is 2.23. The zero-order valence-electron chi connectivity index (χ0n) is 11.5. The van der Waals surface area contributed by atoms with Crippen LogP contribution in [0.5, 0.6) is 0 Å². The fourth-order valence-corrected chi connectivity index (χ4v) is 1.61. The van der Waals surface area contributed by atoms with Gasteiger partial charge in [0.05, 0.1) is 12.1 Å². The van der Waals surface area contributed by atoms with Gasteiger partial charge in [0, 0.05) is 18.8 Å². The van der Waals surface area contributed by atoms with E-state index in [1.54, 1.807) is 0 Å². The molecule has 96 valence electrons. The van der Waals surface area contributed by atoms with Crippen molar-refractivity contribution >= 4 is 5.69 Å². The first-order valence-corrected chi connectivity index (χ1v) is 6.04. The van der Waals surface area contributed by atoms with Gasteiger partial charge in [-0.15, -0.1) is 0 Å². The molecule has 0 radical (unpaired) electrons. The molecule has 1 rings (SSSR count). The molecule has 0 saturated heterocycles. The Bertz CT molecular complexity index is 346. The monoisotopic (exact) mass is 236 g/mol. The summed E-state index contributed by atoms with van der Waals surface area (Å²) < 4.78 is 0. The third kappa shape index (κ3) is 3.20. The van der Waals surface area contributed by atoms with Gasteiger partial charge in [0.25, 0.3) is 0 Å². The Morgan fingerprint density at radius 2 is 1.82 bits per heavy atom. The lowest BCUT2D eigenvalue weighted by molar-refractivity contribution is 0.216. The van der Waals surface area contributed by atoms with E-state index in [0.29, 0.717) is 6.04 Å². The molecule has 0 amide bonds. The van der Waals surface area contributed by atoms with Crippen molar-refractivity contribution in [1.82, 2.24) is 5.32 Å².